The van der Waals surface area contributed by atoms with E-state index in [9.17, 15) is 18.0 Å². The van der Waals surface area contributed by atoms with E-state index in [2.05, 4.69) is 4.57 Å². The molecule has 0 saturated heterocycles. The van der Waals surface area contributed by atoms with Gasteiger partial charge in [0, 0.05) is 18.9 Å². The van der Waals surface area contributed by atoms with Crippen molar-refractivity contribution >= 4 is 28.8 Å². The van der Waals surface area contributed by atoms with Crippen molar-refractivity contribution in [3.63, 3.8) is 0 Å². The van der Waals surface area contributed by atoms with Gasteiger partial charge < -0.3 is 14.0 Å². The molecule has 0 amide bonds. The number of hydrogen-bond donors (Lipinski definition) is 0. The van der Waals surface area contributed by atoms with Crippen LogP contribution in [0.15, 0.2) is 47.6 Å². The number of benzene rings is 2. The molecular formula is C24H27F3N2O3S. The largest absolute Gasteiger partial charge is 0.462 e. The minimum atomic E-state index is -4.35. The lowest BCUT2D eigenvalue weighted by atomic mass is 10.1. The fourth-order valence-corrected chi connectivity index (χ4v) is 4.25. The summed E-state index contributed by atoms with van der Waals surface area (Å²) < 4.78 is 51.2. The Morgan fingerprint density at radius 1 is 1.15 bits per heavy atom. The lowest BCUT2D eigenvalue weighted by Gasteiger charge is -2.11. The smallest absolute Gasteiger partial charge is 0.416 e. The van der Waals surface area contributed by atoms with Crippen LogP contribution in [-0.2, 0) is 27.9 Å². The number of esters is 1. The molecule has 33 heavy (non-hydrogen) atoms. The molecular weight excluding hydrogens is 453 g/mol. The number of rotatable bonds is 10. The third-order valence-electron chi connectivity index (χ3n) is 4.85. The first kappa shape index (κ1) is 25.1. The molecule has 5 nitrogen and oxygen atoms in total. The van der Waals surface area contributed by atoms with E-state index < -0.39 is 17.7 Å². The van der Waals surface area contributed by atoms with Gasteiger partial charge in [0.2, 0.25) is 0 Å². The maximum atomic E-state index is 12.8. The molecule has 0 atom stereocenters. The predicted octanol–water partition coefficient (Wildman–Crippen LogP) is 6.34. The van der Waals surface area contributed by atoms with Crippen molar-refractivity contribution in [2.24, 2.45) is 0 Å². The van der Waals surface area contributed by atoms with Crippen molar-refractivity contribution < 1.29 is 27.4 Å². The second kappa shape index (κ2) is 11.1. The quantitative estimate of drug-likeness (QED) is 0.193. The number of hydrogen-bond acceptors (Lipinski definition) is 5. The Morgan fingerprint density at radius 3 is 2.52 bits per heavy atom. The van der Waals surface area contributed by atoms with Crippen LogP contribution in [0, 0.1) is 0 Å². The molecule has 0 unspecified atom stereocenters. The van der Waals surface area contributed by atoms with Crippen LogP contribution < -0.4 is 0 Å². The normalized spacial score (nSPS) is 12.0. The minimum Gasteiger partial charge on any atom is -0.462 e. The highest BCUT2D eigenvalue weighted by Crippen LogP contribution is 2.31. The van der Waals surface area contributed by atoms with Crippen molar-refractivity contribution in [3.05, 3.63) is 59.2 Å². The summed E-state index contributed by atoms with van der Waals surface area (Å²) in [6, 6.07) is 10.4. The van der Waals surface area contributed by atoms with E-state index in [0.29, 0.717) is 30.0 Å². The number of ether oxygens (including phenoxy) is 2. The Balaban J connectivity index is 1.82. The van der Waals surface area contributed by atoms with Crippen molar-refractivity contribution in [1.82, 2.24) is 9.55 Å². The molecule has 0 bridgehead atoms. The van der Waals surface area contributed by atoms with E-state index in [4.69, 9.17) is 14.5 Å². The van der Waals surface area contributed by atoms with E-state index in [-0.39, 0.29) is 12.7 Å². The molecule has 0 aliphatic carbocycles. The van der Waals surface area contributed by atoms with Crippen LogP contribution in [0.2, 0.25) is 0 Å². The van der Waals surface area contributed by atoms with E-state index in [1.54, 1.807) is 19.1 Å². The summed E-state index contributed by atoms with van der Waals surface area (Å²) in [5, 5.41) is 0.732. The molecule has 0 radical (unpaired) electrons. The molecule has 0 fully saturated rings. The molecule has 9 heteroatoms. The monoisotopic (exact) mass is 480 g/mol. The lowest BCUT2D eigenvalue weighted by Crippen LogP contribution is -2.08. The fourth-order valence-electron chi connectivity index (χ4n) is 3.25. The second-order valence-corrected chi connectivity index (χ2v) is 8.67. The minimum absolute atomic E-state index is 0.144. The molecule has 3 aromatic rings. The second-order valence-electron chi connectivity index (χ2n) is 7.73. The van der Waals surface area contributed by atoms with Gasteiger partial charge >= 0.3 is 12.1 Å². The number of imidazole rings is 1. The van der Waals surface area contributed by atoms with Crippen LogP contribution >= 0.6 is 11.8 Å². The summed E-state index contributed by atoms with van der Waals surface area (Å²) in [6.45, 7) is 7.26. The summed E-state index contributed by atoms with van der Waals surface area (Å²) in [6.07, 6.45) is -3.43. The summed E-state index contributed by atoms with van der Waals surface area (Å²) in [5.74, 6) is 0.0625. The van der Waals surface area contributed by atoms with Gasteiger partial charge in [0.1, 0.15) is 0 Å². The Hall–Kier alpha value is -2.52. The van der Waals surface area contributed by atoms with E-state index in [1.165, 1.54) is 23.9 Å². The molecule has 0 N–H and O–H groups in total. The van der Waals surface area contributed by atoms with Crippen LogP contribution in [0.4, 0.5) is 13.2 Å². The lowest BCUT2D eigenvalue weighted by molar-refractivity contribution is -0.137. The van der Waals surface area contributed by atoms with Gasteiger partial charge in [-0.3, -0.25) is 0 Å². The van der Waals surface area contributed by atoms with Gasteiger partial charge in [0.25, 0.3) is 0 Å². The number of alkyl halides is 3. The van der Waals surface area contributed by atoms with E-state index in [0.717, 1.165) is 34.8 Å². The average molecular weight is 481 g/mol. The summed E-state index contributed by atoms with van der Waals surface area (Å²) in [4.78, 5) is 16.8. The number of halogens is 3. The van der Waals surface area contributed by atoms with Crippen LogP contribution in [-0.4, -0.2) is 34.8 Å². The molecule has 0 saturated carbocycles. The Morgan fingerprint density at radius 2 is 1.88 bits per heavy atom. The van der Waals surface area contributed by atoms with Crippen LogP contribution in [0.25, 0.3) is 11.0 Å². The van der Waals surface area contributed by atoms with Gasteiger partial charge in [0.15, 0.2) is 5.16 Å². The maximum Gasteiger partial charge on any atom is 0.416 e. The Labute approximate surface area is 195 Å². The number of aryl methyl sites for hydroxylation is 1. The molecule has 0 aliphatic heterocycles. The van der Waals surface area contributed by atoms with Crippen molar-refractivity contribution in [2.45, 2.75) is 56.9 Å². The number of carbonyl (C=O) groups is 1. The summed E-state index contributed by atoms with van der Waals surface area (Å²) in [5.41, 5.74) is 2.07. The zero-order valence-electron chi connectivity index (χ0n) is 18.8. The number of carbonyl (C=O) groups excluding carboxylic acids is 1. The molecule has 0 aliphatic rings. The molecule has 2 aromatic carbocycles. The molecule has 1 heterocycles. The SMILES string of the molecule is CCOC(=O)c1ccc2c(c1)nc(SCc1ccc(C(F)(F)F)cc1)n2CCCOC(C)C. The Bertz CT molecular complexity index is 1080. The third kappa shape index (κ3) is 6.74. The summed E-state index contributed by atoms with van der Waals surface area (Å²) >= 11 is 1.44. The first-order valence-corrected chi connectivity index (χ1v) is 11.8. The van der Waals surface area contributed by atoms with Gasteiger partial charge in [-0.25, -0.2) is 9.78 Å². The summed E-state index contributed by atoms with van der Waals surface area (Å²) in [7, 11) is 0. The number of nitrogens with zero attached hydrogens (tertiary/aromatic N) is 2. The third-order valence-corrected chi connectivity index (χ3v) is 5.90. The molecule has 178 valence electrons. The standard InChI is InChI=1S/C24H27F3N2O3S/c1-4-31-22(30)18-8-11-21-20(14-18)28-23(29(21)12-5-13-32-16(2)3)33-15-17-6-9-19(10-7-17)24(25,26)27/h6-11,14,16H,4-5,12-13,15H2,1-3H3. The number of aromatic nitrogens is 2. The van der Waals surface area contributed by atoms with Gasteiger partial charge in [-0.2, -0.15) is 13.2 Å². The molecule has 1 aromatic heterocycles. The molecule has 0 spiro atoms. The highest BCUT2D eigenvalue weighted by molar-refractivity contribution is 7.98. The van der Waals surface area contributed by atoms with E-state index in [1.807, 2.05) is 19.9 Å². The van der Waals surface area contributed by atoms with Crippen molar-refractivity contribution in [1.29, 1.82) is 0 Å². The van der Waals surface area contributed by atoms with E-state index >= 15 is 0 Å². The topological polar surface area (TPSA) is 53.3 Å². The van der Waals surface area contributed by atoms with Gasteiger partial charge in [0.05, 0.1) is 34.9 Å². The van der Waals surface area contributed by atoms with Gasteiger partial charge in [-0.1, -0.05) is 23.9 Å². The first-order chi connectivity index (χ1) is 15.7. The number of fused-ring (bicyclic) bond motifs is 1. The zero-order chi connectivity index (χ0) is 24.0. The first-order valence-electron chi connectivity index (χ1n) is 10.8. The van der Waals surface area contributed by atoms with Gasteiger partial charge in [-0.05, 0) is 63.1 Å². The van der Waals surface area contributed by atoms with Crippen LogP contribution in [0.1, 0.15) is 48.7 Å². The highest BCUT2D eigenvalue weighted by Gasteiger charge is 2.29. The molecule has 3 rings (SSSR count). The van der Waals surface area contributed by atoms with Crippen LogP contribution in [0.5, 0.6) is 0 Å². The average Bonchev–Trinajstić information content (AvgIpc) is 3.11. The zero-order valence-corrected chi connectivity index (χ0v) is 19.6. The Kier molecular flexibility index (Phi) is 8.42. The highest BCUT2D eigenvalue weighted by atomic mass is 32.2. The van der Waals surface area contributed by atoms with Crippen molar-refractivity contribution in [2.75, 3.05) is 13.2 Å². The number of thioether (sulfide) groups is 1. The van der Waals surface area contributed by atoms with Crippen molar-refractivity contribution in [3.8, 4) is 0 Å². The maximum absolute atomic E-state index is 12.8. The fraction of sp³-hybridized carbons (Fsp3) is 0.417. The van der Waals surface area contributed by atoms with Crippen LogP contribution in [0.3, 0.4) is 0 Å². The predicted molar refractivity (Wildman–Crippen MR) is 122 cm³/mol. The van der Waals surface area contributed by atoms with Gasteiger partial charge in [-0.15, -0.1) is 0 Å².